The third-order valence-electron chi connectivity index (χ3n) is 5.32. The molecule has 0 aliphatic heterocycles. The van der Waals surface area contributed by atoms with Gasteiger partial charge in [-0.2, -0.15) is 18.2 Å². The maximum absolute atomic E-state index is 13.1. The maximum atomic E-state index is 13.1. The molecule has 0 aromatic carbocycles. The van der Waals surface area contributed by atoms with Crippen LogP contribution in [-0.4, -0.2) is 45.5 Å². The maximum Gasteiger partial charge on any atom is 0.433 e. The van der Waals surface area contributed by atoms with Gasteiger partial charge in [0.15, 0.2) is 5.69 Å². The van der Waals surface area contributed by atoms with Crippen molar-refractivity contribution in [1.29, 1.82) is 0 Å². The number of halogens is 3. The lowest BCUT2D eigenvalue weighted by Gasteiger charge is -2.18. The number of nitrogens with zero attached hydrogens (tertiary/aromatic N) is 2. The number of hydrogen-bond donors (Lipinski definition) is 4. The minimum Gasteiger partial charge on any atom is -0.393 e. The minimum atomic E-state index is -4.57. The molecule has 2 fully saturated rings. The first-order chi connectivity index (χ1) is 12.3. The number of aromatic nitrogens is 2. The zero-order valence-electron chi connectivity index (χ0n) is 14.5. The zero-order valence-corrected chi connectivity index (χ0v) is 14.5. The Kier molecular flexibility index (Phi) is 5.86. The monoisotopic (exact) mass is 374 g/mol. The van der Waals surface area contributed by atoms with E-state index in [1.54, 1.807) is 0 Å². The van der Waals surface area contributed by atoms with Crippen LogP contribution in [0, 0.1) is 11.8 Å². The van der Waals surface area contributed by atoms with E-state index in [-0.39, 0.29) is 23.6 Å². The van der Waals surface area contributed by atoms with Gasteiger partial charge in [0.05, 0.1) is 12.2 Å². The Morgan fingerprint density at radius 1 is 0.923 bits per heavy atom. The highest BCUT2D eigenvalue weighted by molar-refractivity contribution is 5.43. The van der Waals surface area contributed by atoms with Gasteiger partial charge in [-0.05, 0) is 25.7 Å². The summed E-state index contributed by atoms with van der Waals surface area (Å²) in [5.74, 6) is -0.00294. The summed E-state index contributed by atoms with van der Waals surface area (Å²) < 4.78 is 39.4. The highest BCUT2D eigenvalue weighted by Crippen LogP contribution is 2.31. The Labute approximate surface area is 150 Å². The second-order valence-electron chi connectivity index (χ2n) is 7.24. The van der Waals surface area contributed by atoms with Crippen molar-refractivity contribution in [2.24, 2.45) is 11.8 Å². The Hall–Kier alpha value is -1.61. The molecule has 4 atom stereocenters. The number of anilines is 2. The van der Waals surface area contributed by atoms with Gasteiger partial charge in [0.2, 0.25) is 5.95 Å². The number of nitrogens with one attached hydrogen (secondary N) is 2. The molecule has 0 bridgehead atoms. The summed E-state index contributed by atoms with van der Waals surface area (Å²) in [4.78, 5) is 7.69. The van der Waals surface area contributed by atoms with Crippen molar-refractivity contribution in [2.75, 3.05) is 23.7 Å². The van der Waals surface area contributed by atoms with Crippen LogP contribution in [-0.2, 0) is 6.18 Å². The molecule has 1 aromatic heterocycles. The van der Waals surface area contributed by atoms with Crippen LogP contribution < -0.4 is 10.6 Å². The van der Waals surface area contributed by atoms with E-state index in [0.717, 1.165) is 38.2 Å². The minimum absolute atomic E-state index is 0.00168. The Morgan fingerprint density at radius 3 is 2.00 bits per heavy atom. The SMILES string of the molecule is OC1CCCC1CNc1cc(C(F)(F)F)nc(NCC2CCCC2O)n1. The molecule has 0 radical (unpaired) electrons. The molecule has 4 unspecified atom stereocenters. The smallest absolute Gasteiger partial charge is 0.393 e. The van der Waals surface area contributed by atoms with Crippen LogP contribution in [0.2, 0.25) is 0 Å². The molecule has 2 aliphatic rings. The van der Waals surface area contributed by atoms with Crippen molar-refractivity contribution in [3.05, 3.63) is 11.8 Å². The average molecular weight is 374 g/mol. The van der Waals surface area contributed by atoms with Gasteiger partial charge < -0.3 is 20.8 Å². The average Bonchev–Trinajstić information content (AvgIpc) is 3.18. The Balaban J connectivity index is 1.68. The first kappa shape index (κ1) is 19.2. The molecular formula is C17H25F3N4O2. The first-order valence-corrected chi connectivity index (χ1v) is 9.13. The fourth-order valence-corrected chi connectivity index (χ4v) is 3.73. The summed E-state index contributed by atoms with van der Waals surface area (Å²) in [5, 5.41) is 25.4. The molecule has 26 heavy (non-hydrogen) atoms. The molecule has 146 valence electrons. The van der Waals surface area contributed by atoms with Gasteiger partial charge in [0.25, 0.3) is 0 Å². The van der Waals surface area contributed by atoms with Crippen LogP contribution in [0.4, 0.5) is 24.9 Å². The summed E-state index contributed by atoms with van der Waals surface area (Å²) in [6.07, 6.45) is -0.492. The van der Waals surface area contributed by atoms with Gasteiger partial charge in [-0.25, -0.2) is 4.98 Å². The highest BCUT2D eigenvalue weighted by atomic mass is 19.4. The third kappa shape index (κ3) is 4.76. The topological polar surface area (TPSA) is 90.3 Å². The molecule has 6 nitrogen and oxygen atoms in total. The Morgan fingerprint density at radius 2 is 1.50 bits per heavy atom. The second kappa shape index (κ2) is 7.96. The summed E-state index contributed by atoms with van der Waals surface area (Å²) in [6.45, 7) is 0.708. The summed E-state index contributed by atoms with van der Waals surface area (Å²) in [5.41, 5.74) is -1.02. The van der Waals surface area contributed by atoms with Crippen LogP contribution in [0.1, 0.15) is 44.2 Å². The molecule has 2 saturated carbocycles. The van der Waals surface area contributed by atoms with E-state index >= 15 is 0 Å². The van der Waals surface area contributed by atoms with Gasteiger partial charge in [-0.3, -0.25) is 0 Å². The number of hydrogen-bond acceptors (Lipinski definition) is 6. The van der Waals surface area contributed by atoms with Crippen LogP contribution in [0.3, 0.4) is 0 Å². The Bertz CT molecular complexity index is 572. The summed E-state index contributed by atoms with van der Waals surface area (Å²) in [7, 11) is 0. The number of aliphatic hydroxyl groups is 2. The molecular weight excluding hydrogens is 349 g/mol. The third-order valence-corrected chi connectivity index (χ3v) is 5.32. The van der Waals surface area contributed by atoms with Gasteiger partial charge in [0, 0.05) is 31.0 Å². The van der Waals surface area contributed by atoms with Crippen molar-refractivity contribution < 1.29 is 23.4 Å². The van der Waals surface area contributed by atoms with Crippen molar-refractivity contribution in [2.45, 2.75) is 56.9 Å². The first-order valence-electron chi connectivity index (χ1n) is 9.13. The van der Waals surface area contributed by atoms with E-state index in [1.165, 1.54) is 0 Å². The van der Waals surface area contributed by atoms with Crippen LogP contribution in [0.5, 0.6) is 0 Å². The standard InChI is InChI=1S/C17H25F3N4O2/c18-17(19,20)14-7-15(21-8-10-3-1-5-12(10)25)24-16(23-14)22-9-11-4-2-6-13(11)26/h7,10-13,25-26H,1-6,8-9H2,(H2,21,22,23,24). The molecule has 0 saturated heterocycles. The molecule has 2 aliphatic carbocycles. The van der Waals surface area contributed by atoms with E-state index in [0.29, 0.717) is 19.5 Å². The van der Waals surface area contributed by atoms with E-state index in [2.05, 4.69) is 20.6 Å². The highest BCUT2D eigenvalue weighted by Gasteiger charge is 2.34. The largest absolute Gasteiger partial charge is 0.433 e. The normalized spacial score (nSPS) is 29.1. The number of aliphatic hydroxyl groups excluding tert-OH is 2. The summed E-state index contributed by atoms with van der Waals surface area (Å²) >= 11 is 0. The van der Waals surface area contributed by atoms with Crippen LogP contribution in [0.25, 0.3) is 0 Å². The van der Waals surface area contributed by atoms with Gasteiger partial charge in [-0.15, -0.1) is 0 Å². The van der Waals surface area contributed by atoms with Gasteiger partial charge in [0.1, 0.15) is 5.82 Å². The van der Waals surface area contributed by atoms with E-state index in [4.69, 9.17) is 0 Å². The lowest BCUT2D eigenvalue weighted by Crippen LogP contribution is -2.24. The quantitative estimate of drug-likeness (QED) is 0.612. The molecule has 1 aromatic rings. The fraction of sp³-hybridized carbons (Fsp3) is 0.765. The summed E-state index contributed by atoms with van der Waals surface area (Å²) in [6, 6.07) is 0.886. The van der Waals surface area contributed by atoms with Crippen molar-refractivity contribution in [3.8, 4) is 0 Å². The van der Waals surface area contributed by atoms with Crippen LogP contribution in [0.15, 0.2) is 6.07 Å². The van der Waals surface area contributed by atoms with E-state index < -0.39 is 24.1 Å². The number of rotatable bonds is 6. The zero-order chi connectivity index (χ0) is 18.7. The van der Waals surface area contributed by atoms with Gasteiger partial charge in [-0.1, -0.05) is 12.8 Å². The van der Waals surface area contributed by atoms with Crippen LogP contribution >= 0.6 is 0 Å². The molecule has 9 heteroatoms. The van der Waals surface area contributed by atoms with Gasteiger partial charge >= 0.3 is 6.18 Å². The second-order valence-corrected chi connectivity index (χ2v) is 7.24. The van der Waals surface area contributed by atoms with Crippen molar-refractivity contribution in [3.63, 3.8) is 0 Å². The predicted molar refractivity (Wildman–Crippen MR) is 90.7 cm³/mol. The lowest BCUT2D eigenvalue weighted by atomic mass is 10.1. The number of alkyl halides is 3. The molecule has 4 N–H and O–H groups in total. The lowest BCUT2D eigenvalue weighted by molar-refractivity contribution is -0.141. The fourth-order valence-electron chi connectivity index (χ4n) is 3.73. The molecule has 0 amide bonds. The molecule has 3 rings (SSSR count). The van der Waals surface area contributed by atoms with E-state index in [1.807, 2.05) is 0 Å². The molecule has 0 spiro atoms. The predicted octanol–water partition coefficient (Wildman–Crippen LogP) is 2.64. The van der Waals surface area contributed by atoms with Crippen molar-refractivity contribution in [1.82, 2.24) is 9.97 Å². The molecule has 1 heterocycles. The van der Waals surface area contributed by atoms with E-state index in [9.17, 15) is 23.4 Å². The van der Waals surface area contributed by atoms with Crippen molar-refractivity contribution >= 4 is 11.8 Å².